The Labute approximate surface area is 145 Å². The summed E-state index contributed by atoms with van der Waals surface area (Å²) >= 11 is 0. The summed E-state index contributed by atoms with van der Waals surface area (Å²) in [6.45, 7) is 0. The van der Waals surface area contributed by atoms with Crippen LogP contribution < -0.4 is 19.4 Å². The first kappa shape index (κ1) is 16.6. The third-order valence-electron chi connectivity index (χ3n) is 4.03. The summed E-state index contributed by atoms with van der Waals surface area (Å²) in [6, 6.07) is 7.66. The van der Waals surface area contributed by atoms with Crippen LogP contribution in [0.5, 0.6) is 11.5 Å². The SMILES string of the molecule is COc1cc(OC)cc(C(=O)N2C(=O)N(C)N(C)c3ncccc32)c1. The highest BCUT2D eigenvalue weighted by atomic mass is 16.5. The fourth-order valence-corrected chi connectivity index (χ4v) is 2.59. The smallest absolute Gasteiger partial charge is 0.350 e. The van der Waals surface area contributed by atoms with Crippen LogP contribution in [0.15, 0.2) is 36.5 Å². The number of pyridine rings is 1. The van der Waals surface area contributed by atoms with Crippen molar-refractivity contribution >= 4 is 23.4 Å². The zero-order chi connectivity index (χ0) is 18.1. The molecule has 0 fully saturated rings. The Morgan fingerprint density at radius 1 is 1.04 bits per heavy atom. The molecule has 3 rings (SSSR count). The van der Waals surface area contributed by atoms with Crippen molar-refractivity contribution < 1.29 is 19.1 Å². The molecule has 0 N–H and O–H groups in total. The summed E-state index contributed by atoms with van der Waals surface area (Å²) < 4.78 is 10.4. The number of fused-ring (bicyclic) bond motifs is 1. The summed E-state index contributed by atoms with van der Waals surface area (Å²) in [5.74, 6) is 0.942. The second-order valence-corrected chi connectivity index (χ2v) is 5.42. The van der Waals surface area contributed by atoms with Crippen molar-refractivity contribution in [3.8, 4) is 11.5 Å². The molecule has 1 aliphatic heterocycles. The molecular formula is C17H18N4O4. The minimum atomic E-state index is -0.489. The van der Waals surface area contributed by atoms with Gasteiger partial charge < -0.3 is 9.47 Å². The number of carbonyl (C=O) groups excluding carboxylic acids is 2. The van der Waals surface area contributed by atoms with E-state index in [1.54, 1.807) is 55.6 Å². The van der Waals surface area contributed by atoms with Gasteiger partial charge in [0.2, 0.25) is 0 Å². The average molecular weight is 342 g/mol. The summed E-state index contributed by atoms with van der Waals surface area (Å²) in [5.41, 5.74) is 0.692. The number of anilines is 2. The first-order chi connectivity index (χ1) is 12.0. The molecule has 0 radical (unpaired) electrons. The van der Waals surface area contributed by atoms with Crippen molar-refractivity contribution in [2.75, 3.05) is 38.2 Å². The van der Waals surface area contributed by atoms with E-state index < -0.39 is 11.9 Å². The number of hydrazine groups is 1. The predicted octanol–water partition coefficient (Wildman–Crippen LogP) is 2.16. The molecule has 2 heterocycles. The number of nitrogens with zero attached hydrogens (tertiary/aromatic N) is 4. The van der Waals surface area contributed by atoms with Crippen LogP contribution in [0.4, 0.5) is 16.3 Å². The topological polar surface area (TPSA) is 75.2 Å². The number of imide groups is 1. The van der Waals surface area contributed by atoms with Gasteiger partial charge in [-0.25, -0.2) is 19.7 Å². The van der Waals surface area contributed by atoms with Crippen molar-refractivity contribution in [3.05, 3.63) is 42.1 Å². The number of hydrogen-bond acceptors (Lipinski definition) is 6. The van der Waals surface area contributed by atoms with Crippen molar-refractivity contribution in [1.29, 1.82) is 0 Å². The summed E-state index contributed by atoms with van der Waals surface area (Å²) in [5, 5.41) is 2.91. The molecule has 8 nitrogen and oxygen atoms in total. The minimum Gasteiger partial charge on any atom is -0.497 e. The second kappa shape index (κ2) is 6.31. The van der Waals surface area contributed by atoms with Crippen molar-refractivity contribution in [1.82, 2.24) is 9.99 Å². The molecular weight excluding hydrogens is 324 g/mol. The summed E-state index contributed by atoms with van der Waals surface area (Å²) in [4.78, 5) is 31.2. The standard InChI is InChI=1S/C17H18N4O4/c1-19-15-14(6-5-7-18-15)21(17(23)20(19)2)16(22)11-8-12(24-3)10-13(9-11)25-4/h5-10H,1-4H3. The maximum absolute atomic E-state index is 13.1. The highest BCUT2D eigenvalue weighted by Crippen LogP contribution is 2.34. The van der Waals surface area contributed by atoms with Crippen LogP contribution in [0, 0.1) is 0 Å². The normalized spacial score (nSPS) is 13.6. The van der Waals surface area contributed by atoms with E-state index in [0.717, 1.165) is 4.90 Å². The predicted molar refractivity (Wildman–Crippen MR) is 92.2 cm³/mol. The second-order valence-electron chi connectivity index (χ2n) is 5.42. The third kappa shape index (κ3) is 2.71. The zero-order valence-corrected chi connectivity index (χ0v) is 14.4. The number of urea groups is 1. The Kier molecular flexibility index (Phi) is 4.18. The van der Waals surface area contributed by atoms with Gasteiger partial charge in [0.25, 0.3) is 5.91 Å². The Morgan fingerprint density at radius 3 is 2.28 bits per heavy atom. The third-order valence-corrected chi connectivity index (χ3v) is 4.03. The molecule has 1 aromatic carbocycles. The molecule has 2 aromatic rings. The van der Waals surface area contributed by atoms with Gasteiger partial charge in [-0.3, -0.25) is 9.80 Å². The maximum Gasteiger partial charge on any atom is 0.350 e. The first-order valence-electron chi connectivity index (χ1n) is 7.51. The fourth-order valence-electron chi connectivity index (χ4n) is 2.59. The van der Waals surface area contributed by atoms with Crippen LogP contribution >= 0.6 is 0 Å². The van der Waals surface area contributed by atoms with Crippen LogP contribution in [-0.4, -0.2) is 50.2 Å². The molecule has 130 valence electrons. The van der Waals surface area contributed by atoms with E-state index in [-0.39, 0.29) is 5.56 Å². The number of benzene rings is 1. The van der Waals surface area contributed by atoms with Gasteiger partial charge in [0.05, 0.1) is 19.9 Å². The minimum absolute atomic E-state index is 0.275. The van der Waals surface area contributed by atoms with Gasteiger partial charge in [0.15, 0.2) is 5.82 Å². The van der Waals surface area contributed by atoms with Crippen molar-refractivity contribution in [2.24, 2.45) is 0 Å². The number of ether oxygens (including phenoxy) is 2. The molecule has 0 atom stereocenters. The van der Waals surface area contributed by atoms with Crippen molar-refractivity contribution in [3.63, 3.8) is 0 Å². The monoisotopic (exact) mass is 342 g/mol. The molecule has 3 amide bonds. The Hall–Kier alpha value is -3.29. The van der Waals surface area contributed by atoms with E-state index in [0.29, 0.717) is 23.0 Å². The van der Waals surface area contributed by atoms with E-state index >= 15 is 0 Å². The first-order valence-corrected chi connectivity index (χ1v) is 7.51. The lowest BCUT2D eigenvalue weighted by molar-refractivity contribution is 0.0983. The van der Waals surface area contributed by atoms with E-state index in [1.165, 1.54) is 19.2 Å². The number of hydrogen-bond donors (Lipinski definition) is 0. The lowest BCUT2D eigenvalue weighted by Gasteiger charge is -2.39. The van der Waals surface area contributed by atoms with Gasteiger partial charge >= 0.3 is 6.03 Å². The van der Waals surface area contributed by atoms with E-state index in [9.17, 15) is 9.59 Å². The Balaban J connectivity index is 2.10. The number of amides is 3. The molecule has 1 aliphatic rings. The lowest BCUT2D eigenvalue weighted by atomic mass is 10.1. The van der Waals surface area contributed by atoms with Crippen LogP contribution in [0.2, 0.25) is 0 Å². The summed E-state index contributed by atoms with van der Waals surface area (Å²) in [6.07, 6.45) is 1.61. The van der Waals surface area contributed by atoms with Gasteiger partial charge in [-0.2, -0.15) is 0 Å². The highest BCUT2D eigenvalue weighted by Gasteiger charge is 2.37. The molecule has 0 spiro atoms. The highest BCUT2D eigenvalue weighted by molar-refractivity contribution is 6.23. The van der Waals surface area contributed by atoms with Crippen LogP contribution in [0.25, 0.3) is 0 Å². The van der Waals surface area contributed by atoms with Gasteiger partial charge in [-0.05, 0) is 24.3 Å². The van der Waals surface area contributed by atoms with Crippen molar-refractivity contribution in [2.45, 2.75) is 0 Å². The van der Waals surface area contributed by atoms with Gasteiger partial charge in [-0.15, -0.1) is 0 Å². The summed E-state index contributed by atoms with van der Waals surface area (Å²) in [7, 11) is 6.28. The zero-order valence-electron chi connectivity index (χ0n) is 14.4. The quantitative estimate of drug-likeness (QED) is 0.851. The number of methoxy groups -OCH3 is 2. The number of rotatable bonds is 3. The lowest BCUT2D eigenvalue weighted by Crippen LogP contribution is -2.55. The molecule has 8 heteroatoms. The number of carbonyl (C=O) groups is 2. The van der Waals surface area contributed by atoms with Crippen LogP contribution in [0.1, 0.15) is 10.4 Å². The average Bonchev–Trinajstić information content (AvgIpc) is 2.65. The van der Waals surface area contributed by atoms with Gasteiger partial charge in [-0.1, -0.05) is 0 Å². The Bertz CT molecular complexity index is 817. The van der Waals surface area contributed by atoms with Crippen LogP contribution in [0.3, 0.4) is 0 Å². The van der Waals surface area contributed by atoms with E-state index in [2.05, 4.69) is 4.98 Å². The van der Waals surface area contributed by atoms with Gasteiger partial charge in [0.1, 0.15) is 11.5 Å². The molecule has 0 unspecified atom stereocenters. The van der Waals surface area contributed by atoms with E-state index in [4.69, 9.17) is 9.47 Å². The molecule has 1 aromatic heterocycles. The molecule has 25 heavy (non-hydrogen) atoms. The number of aromatic nitrogens is 1. The van der Waals surface area contributed by atoms with E-state index in [1.807, 2.05) is 0 Å². The van der Waals surface area contributed by atoms with Crippen LogP contribution in [-0.2, 0) is 0 Å². The molecule has 0 saturated heterocycles. The largest absolute Gasteiger partial charge is 0.497 e. The van der Waals surface area contributed by atoms with Gasteiger partial charge in [0, 0.05) is 31.9 Å². The molecule has 0 bridgehead atoms. The maximum atomic E-state index is 13.1. The molecule has 0 saturated carbocycles. The molecule has 0 aliphatic carbocycles. The fraction of sp³-hybridized carbons (Fsp3) is 0.235. The Morgan fingerprint density at radius 2 is 1.68 bits per heavy atom.